The van der Waals surface area contributed by atoms with Crippen molar-refractivity contribution in [2.24, 2.45) is 5.10 Å². The molecule has 0 atom stereocenters. The second-order valence-electron chi connectivity index (χ2n) is 4.66. The van der Waals surface area contributed by atoms with E-state index >= 15 is 0 Å². The number of carbonyl (C=O) groups is 3. The molecule has 0 radical (unpaired) electrons. The lowest BCUT2D eigenvalue weighted by Gasteiger charge is -2.13. The maximum atomic E-state index is 12.2. The van der Waals surface area contributed by atoms with Gasteiger partial charge in [0.05, 0.1) is 11.7 Å². The summed E-state index contributed by atoms with van der Waals surface area (Å²) >= 11 is 0. The van der Waals surface area contributed by atoms with Gasteiger partial charge in [0.15, 0.2) is 0 Å². The zero-order valence-electron chi connectivity index (χ0n) is 12.3. The van der Waals surface area contributed by atoms with E-state index in [9.17, 15) is 19.5 Å². The fourth-order valence-electron chi connectivity index (χ4n) is 1.90. The van der Waals surface area contributed by atoms with E-state index in [0.29, 0.717) is 17.7 Å². The Morgan fingerprint density at radius 2 is 1.61 bits per heavy atom. The highest BCUT2D eigenvalue weighted by Gasteiger charge is 2.12. The van der Waals surface area contributed by atoms with Gasteiger partial charge in [-0.25, -0.2) is 5.01 Å². The van der Waals surface area contributed by atoms with Gasteiger partial charge < -0.3 is 9.90 Å². The van der Waals surface area contributed by atoms with Crippen molar-refractivity contribution >= 4 is 29.6 Å². The lowest BCUT2D eigenvalue weighted by atomic mass is 10.1. The largest absolute Gasteiger partial charge is 0.545 e. The van der Waals surface area contributed by atoms with Crippen molar-refractivity contribution in [2.45, 2.75) is 6.92 Å². The number of carboxylic acid groups (broad SMARTS) is 1. The van der Waals surface area contributed by atoms with Crippen LogP contribution in [0.1, 0.15) is 27.6 Å². The molecule has 0 N–H and O–H groups in total. The number of ketones is 1. The Kier molecular flexibility index (Phi) is 4.99. The molecule has 0 unspecified atom stereocenters. The lowest BCUT2D eigenvalue weighted by Crippen LogP contribution is -2.23. The molecular weight excluding hydrogens is 296 g/mol. The summed E-state index contributed by atoms with van der Waals surface area (Å²) in [6, 6.07) is 14.0. The van der Waals surface area contributed by atoms with Crippen molar-refractivity contribution in [2.75, 3.05) is 5.01 Å². The number of amides is 1. The second-order valence-corrected chi connectivity index (χ2v) is 4.66. The van der Waals surface area contributed by atoms with Crippen LogP contribution in [-0.2, 0) is 4.79 Å². The molecule has 0 heterocycles. The second kappa shape index (κ2) is 7.13. The van der Waals surface area contributed by atoms with Crippen molar-refractivity contribution in [1.82, 2.24) is 0 Å². The highest BCUT2D eigenvalue weighted by Crippen LogP contribution is 2.15. The minimum atomic E-state index is -1.31. The molecule has 0 aliphatic heterocycles. The minimum absolute atomic E-state index is 0.0133. The van der Waals surface area contributed by atoms with Gasteiger partial charge in [0, 0.05) is 5.56 Å². The zero-order valence-corrected chi connectivity index (χ0v) is 12.3. The third-order valence-electron chi connectivity index (χ3n) is 3.09. The van der Waals surface area contributed by atoms with Gasteiger partial charge >= 0.3 is 0 Å². The summed E-state index contributed by atoms with van der Waals surface area (Å²) in [7, 11) is 0. The number of hydrogen-bond donors (Lipinski definition) is 0. The van der Waals surface area contributed by atoms with Crippen molar-refractivity contribution in [3.8, 4) is 0 Å². The first-order valence-electron chi connectivity index (χ1n) is 6.74. The third kappa shape index (κ3) is 3.88. The van der Waals surface area contributed by atoms with Crippen molar-refractivity contribution < 1.29 is 19.5 Å². The Hall–Kier alpha value is -3.28. The summed E-state index contributed by atoms with van der Waals surface area (Å²) in [5.41, 5.74) is 0.921. The quantitative estimate of drug-likeness (QED) is 0.348. The first kappa shape index (κ1) is 16.1. The molecule has 2 aromatic carbocycles. The van der Waals surface area contributed by atoms with E-state index in [2.05, 4.69) is 5.10 Å². The number of benzene rings is 2. The summed E-state index contributed by atoms with van der Waals surface area (Å²) < 4.78 is 0. The molecule has 0 fully saturated rings. The molecule has 0 aromatic heterocycles. The summed E-state index contributed by atoms with van der Waals surface area (Å²) in [6.45, 7) is 1.50. The molecule has 0 bridgehead atoms. The van der Waals surface area contributed by atoms with Gasteiger partial charge in [0.25, 0.3) is 0 Å². The highest BCUT2D eigenvalue weighted by molar-refractivity contribution is 6.45. The van der Waals surface area contributed by atoms with Crippen LogP contribution in [0.5, 0.6) is 0 Å². The van der Waals surface area contributed by atoms with E-state index in [1.165, 1.54) is 31.2 Å². The molecule has 23 heavy (non-hydrogen) atoms. The summed E-state index contributed by atoms with van der Waals surface area (Å²) in [4.78, 5) is 34.1. The lowest BCUT2D eigenvalue weighted by molar-refractivity contribution is -0.255. The van der Waals surface area contributed by atoms with Crippen LogP contribution in [-0.4, -0.2) is 23.9 Å². The van der Waals surface area contributed by atoms with Gasteiger partial charge in [-0.15, -0.1) is 0 Å². The van der Waals surface area contributed by atoms with Crippen molar-refractivity contribution in [1.29, 1.82) is 0 Å². The molecule has 0 aliphatic rings. The van der Waals surface area contributed by atoms with Crippen LogP contribution in [0, 0.1) is 0 Å². The van der Waals surface area contributed by atoms with Crippen LogP contribution in [0.4, 0.5) is 5.69 Å². The molecule has 0 spiro atoms. The summed E-state index contributed by atoms with van der Waals surface area (Å²) in [6.07, 6.45) is 0.440. The van der Waals surface area contributed by atoms with E-state index in [-0.39, 0.29) is 17.1 Å². The predicted octanol–water partition coefficient (Wildman–Crippen LogP) is 1.27. The fraction of sp³-hybridized carbons (Fsp3) is 0.0588. The van der Waals surface area contributed by atoms with Crippen LogP contribution in [0.2, 0.25) is 0 Å². The molecule has 0 saturated carbocycles. The van der Waals surface area contributed by atoms with E-state index < -0.39 is 5.97 Å². The normalized spacial score (nSPS) is 10.9. The maximum absolute atomic E-state index is 12.2. The Labute approximate surface area is 132 Å². The minimum Gasteiger partial charge on any atom is -0.545 e. The Bertz CT molecular complexity index is 752. The number of carbonyl (C=O) groups excluding carboxylic acids is 3. The van der Waals surface area contributed by atoms with Crippen molar-refractivity contribution in [3.63, 3.8) is 0 Å². The number of rotatable bonds is 6. The molecule has 116 valence electrons. The van der Waals surface area contributed by atoms with Crippen LogP contribution in [0.3, 0.4) is 0 Å². The Morgan fingerprint density at radius 3 is 2.13 bits per heavy atom. The van der Waals surface area contributed by atoms with E-state index in [1.807, 2.05) is 0 Å². The van der Waals surface area contributed by atoms with Gasteiger partial charge in [-0.3, -0.25) is 9.59 Å². The molecular formula is C17H13N2O4-. The van der Waals surface area contributed by atoms with Crippen LogP contribution >= 0.6 is 0 Å². The number of hydrazone groups is 1. The first-order valence-corrected chi connectivity index (χ1v) is 6.74. The molecule has 0 saturated heterocycles. The van der Waals surface area contributed by atoms with Crippen LogP contribution in [0.25, 0.3) is 0 Å². The molecule has 6 nitrogen and oxygen atoms in total. The van der Waals surface area contributed by atoms with E-state index in [1.54, 1.807) is 30.3 Å². The van der Waals surface area contributed by atoms with Crippen LogP contribution < -0.4 is 10.1 Å². The molecule has 0 aliphatic carbocycles. The zero-order chi connectivity index (χ0) is 16.8. The SMILES string of the molecule is C/C(=N/N(C=O)c1ccc(C(=O)[O-])cc1)C(=O)c1ccccc1. The topological polar surface area (TPSA) is 89.9 Å². The molecule has 6 heteroatoms. The Balaban J connectivity index is 2.25. The summed E-state index contributed by atoms with van der Waals surface area (Å²) in [5.74, 6) is -1.61. The first-order chi connectivity index (χ1) is 11.0. The van der Waals surface area contributed by atoms with Crippen LogP contribution in [0.15, 0.2) is 59.7 Å². The molecule has 2 rings (SSSR count). The monoisotopic (exact) mass is 309 g/mol. The number of anilines is 1. The average Bonchev–Trinajstić information content (AvgIpc) is 2.59. The standard InChI is InChI=1S/C17H14N2O4/c1-12(16(21)13-5-3-2-4-6-13)18-19(11-20)15-9-7-14(8-10-15)17(22)23/h2-11H,1H3,(H,22,23)/p-1/b18-12-. The number of hydrogen-bond acceptors (Lipinski definition) is 5. The predicted molar refractivity (Wildman–Crippen MR) is 83.2 cm³/mol. The summed E-state index contributed by atoms with van der Waals surface area (Å²) in [5, 5.41) is 15.7. The van der Waals surface area contributed by atoms with Gasteiger partial charge in [0.2, 0.25) is 12.2 Å². The molecule has 2 aromatic rings. The van der Waals surface area contributed by atoms with Gasteiger partial charge in [-0.2, -0.15) is 5.10 Å². The highest BCUT2D eigenvalue weighted by atomic mass is 16.4. The number of carboxylic acids is 1. The van der Waals surface area contributed by atoms with E-state index in [0.717, 1.165) is 5.01 Å². The number of nitrogens with zero attached hydrogens (tertiary/aromatic N) is 2. The van der Waals surface area contributed by atoms with Crippen molar-refractivity contribution in [3.05, 3.63) is 65.7 Å². The average molecular weight is 309 g/mol. The fourth-order valence-corrected chi connectivity index (χ4v) is 1.90. The smallest absolute Gasteiger partial charge is 0.234 e. The van der Waals surface area contributed by atoms with Gasteiger partial charge in [-0.05, 0) is 24.6 Å². The number of aromatic carboxylic acids is 1. The third-order valence-corrected chi connectivity index (χ3v) is 3.09. The number of Topliss-reactive ketones (excluding diaryl/α,β-unsaturated/α-hetero) is 1. The maximum Gasteiger partial charge on any atom is 0.234 e. The van der Waals surface area contributed by atoms with Gasteiger partial charge in [0.1, 0.15) is 5.71 Å². The van der Waals surface area contributed by atoms with E-state index in [4.69, 9.17) is 0 Å². The van der Waals surface area contributed by atoms with Gasteiger partial charge in [-0.1, -0.05) is 42.5 Å². The Morgan fingerprint density at radius 1 is 1.00 bits per heavy atom. The molecule has 1 amide bonds.